The van der Waals surface area contributed by atoms with Crippen LogP contribution in [0.4, 0.5) is 0 Å². The van der Waals surface area contributed by atoms with Crippen LogP contribution in [0.2, 0.25) is 0 Å². The van der Waals surface area contributed by atoms with E-state index in [0.717, 1.165) is 12.8 Å². The van der Waals surface area contributed by atoms with Crippen LogP contribution in [0.25, 0.3) is 0 Å². The molecule has 92 valence electrons. The molecule has 1 aromatic rings. The zero-order chi connectivity index (χ0) is 12.3. The van der Waals surface area contributed by atoms with Crippen molar-refractivity contribution in [1.82, 2.24) is 0 Å². The highest BCUT2D eigenvalue weighted by Crippen LogP contribution is 2.26. The molecule has 0 aliphatic heterocycles. The second kappa shape index (κ2) is 5.02. The second-order valence-electron chi connectivity index (χ2n) is 4.31. The summed E-state index contributed by atoms with van der Waals surface area (Å²) in [6.07, 6.45) is 2.66. The smallest absolute Gasteiger partial charge is 0.199 e. The number of aliphatic hydroxyl groups excluding tert-OH is 1. The molecule has 1 unspecified atom stereocenters. The molecular weight excluding hydrogens is 236 g/mol. The van der Waals surface area contributed by atoms with Gasteiger partial charge in [-0.1, -0.05) is 24.6 Å². The van der Waals surface area contributed by atoms with E-state index < -0.39 is 15.9 Å². The summed E-state index contributed by atoms with van der Waals surface area (Å²) in [5, 5.41) is 11.0. The predicted molar refractivity (Wildman–Crippen MR) is 66.2 cm³/mol. The average molecular weight is 252 g/mol. The van der Waals surface area contributed by atoms with Gasteiger partial charge < -0.3 is 5.11 Å². The number of hydrogen-bond donors (Lipinski definition) is 1. The van der Waals surface area contributed by atoms with Crippen molar-refractivity contribution in [2.45, 2.75) is 36.7 Å². The van der Waals surface area contributed by atoms with E-state index in [1.165, 1.54) is 5.41 Å². The summed E-state index contributed by atoms with van der Waals surface area (Å²) >= 11 is 0. The van der Waals surface area contributed by atoms with Crippen molar-refractivity contribution >= 4 is 9.84 Å². The molecule has 4 heteroatoms. The highest BCUT2D eigenvalue weighted by atomic mass is 32.2. The van der Waals surface area contributed by atoms with Gasteiger partial charge in [0.1, 0.15) is 0 Å². The van der Waals surface area contributed by atoms with Crippen LogP contribution in [-0.4, -0.2) is 19.6 Å². The third kappa shape index (κ3) is 2.96. The first-order valence-corrected chi connectivity index (χ1v) is 7.33. The molecule has 3 nitrogen and oxygen atoms in total. The Bertz CT molecular complexity index is 503. The van der Waals surface area contributed by atoms with E-state index in [2.05, 4.69) is 0 Å². The van der Waals surface area contributed by atoms with Crippen LogP contribution in [0.3, 0.4) is 0 Å². The van der Waals surface area contributed by atoms with Crippen molar-refractivity contribution in [2.24, 2.45) is 0 Å². The monoisotopic (exact) mass is 252 g/mol. The lowest BCUT2D eigenvalue weighted by atomic mass is 9.94. The summed E-state index contributed by atoms with van der Waals surface area (Å²) in [4.78, 5) is 0.283. The maximum Gasteiger partial charge on any atom is 0.199 e. The van der Waals surface area contributed by atoms with Crippen molar-refractivity contribution in [3.05, 3.63) is 41.3 Å². The number of rotatable bonds is 2. The lowest BCUT2D eigenvalue weighted by molar-refractivity contribution is 0.179. The van der Waals surface area contributed by atoms with Crippen molar-refractivity contribution in [3.63, 3.8) is 0 Å². The van der Waals surface area contributed by atoms with E-state index in [4.69, 9.17) is 0 Å². The Morgan fingerprint density at radius 3 is 2.53 bits per heavy atom. The topological polar surface area (TPSA) is 54.4 Å². The van der Waals surface area contributed by atoms with Gasteiger partial charge in [-0.3, -0.25) is 0 Å². The minimum absolute atomic E-state index is 0.283. The van der Waals surface area contributed by atoms with Crippen molar-refractivity contribution in [2.75, 3.05) is 0 Å². The van der Waals surface area contributed by atoms with Crippen LogP contribution in [0.1, 0.15) is 25.7 Å². The molecule has 0 amide bonds. The molecule has 0 heterocycles. The van der Waals surface area contributed by atoms with Gasteiger partial charge in [-0.2, -0.15) is 0 Å². The first-order chi connectivity index (χ1) is 8.09. The highest BCUT2D eigenvalue weighted by Gasteiger charge is 2.20. The molecule has 1 N–H and O–H groups in total. The zero-order valence-electron chi connectivity index (χ0n) is 9.54. The van der Waals surface area contributed by atoms with Gasteiger partial charge in [0.05, 0.1) is 11.0 Å². The lowest BCUT2D eigenvalue weighted by Gasteiger charge is -2.20. The Hall–Kier alpha value is -1.13. The van der Waals surface area contributed by atoms with Gasteiger partial charge in [0.15, 0.2) is 9.84 Å². The van der Waals surface area contributed by atoms with Crippen LogP contribution in [-0.2, 0) is 9.84 Å². The van der Waals surface area contributed by atoms with Gasteiger partial charge in [-0.05, 0) is 37.0 Å². The highest BCUT2D eigenvalue weighted by molar-refractivity contribution is 7.94. The largest absolute Gasteiger partial charge is 0.389 e. The quantitative estimate of drug-likeness (QED) is 0.878. The van der Waals surface area contributed by atoms with E-state index in [1.54, 1.807) is 30.3 Å². The lowest BCUT2D eigenvalue weighted by Crippen LogP contribution is -2.16. The minimum Gasteiger partial charge on any atom is -0.389 e. The normalized spacial score (nSPS) is 23.8. The molecule has 0 spiro atoms. The summed E-state index contributed by atoms with van der Waals surface area (Å²) in [5.41, 5.74) is 0.639. The number of sulfone groups is 1. The zero-order valence-corrected chi connectivity index (χ0v) is 10.4. The molecule has 1 atom stereocenters. The van der Waals surface area contributed by atoms with Gasteiger partial charge in [0, 0.05) is 5.41 Å². The van der Waals surface area contributed by atoms with E-state index in [0.29, 0.717) is 18.4 Å². The Balaban J connectivity index is 2.31. The number of benzene rings is 1. The van der Waals surface area contributed by atoms with Crippen LogP contribution >= 0.6 is 0 Å². The Labute approximate surface area is 102 Å². The van der Waals surface area contributed by atoms with E-state index in [9.17, 15) is 13.5 Å². The van der Waals surface area contributed by atoms with Crippen LogP contribution in [0, 0.1) is 0 Å². The summed E-state index contributed by atoms with van der Waals surface area (Å²) in [6.45, 7) is 0. The molecular formula is C13H16O3S. The third-order valence-electron chi connectivity index (χ3n) is 3.00. The van der Waals surface area contributed by atoms with Gasteiger partial charge >= 0.3 is 0 Å². The van der Waals surface area contributed by atoms with Crippen LogP contribution in [0.15, 0.2) is 46.2 Å². The number of aliphatic hydroxyl groups is 1. The molecule has 0 saturated heterocycles. The first kappa shape index (κ1) is 12.3. The standard InChI is InChI=1S/C13H16O3S/c14-13-9-5-4-6-11(13)10-17(15,16)12-7-2-1-3-8-12/h1-3,7-8,10,13-14H,4-6,9H2/b11-10-. The fraction of sp³-hybridized carbons (Fsp3) is 0.385. The third-order valence-corrected chi connectivity index (χ3v) is 4.54. The molecule has 1 aromatic carbocycles. The Kier molecular flexibility index (Phi) is 3.64. The van der Waals surface area contributed by atoms with Gasteiger partial charge in [0.25, 0.3) is 0 Å². The van der Waals surface area contributed by atoms with Crippen molar-refractivity contribution in [1.29, 1.82) is 0 Å². The molecule has 1 fully saturated rings. The fourth-order valence-electron chi connectivity index (χ4n) is 2.03. The van der Waals surface area contributed by atoms with Crippen molar-refractivity contribution in [3.8, 4) is 0 Å². The molecule has 1 aliphatic rings. The average Bonchev–Trinajstić information content (AvgIpc) is 2.33. The maximum absolute atomic E-state index is 12.1. The Morgan fingerprint density at radius 1 is 1.18 bits per heavy atom. The SMILES string of the molecule is O=S(=O)(/C=C1/CCCCC1O)c1ccccc1. The molecule has 17 heavy (non-hydrogen) atoms. The van der Waals surface area contributed by atoms with Gasteiger partial charge in [0.2, 0.25) is 0 Å². The molecule has 0 aromatic heterocycles. The summed E-state index contributed by atoms with van der Waals surface area (Å²) in [5.74, 6) is 0. The van der Waals surface area contributed by atoms with E-state index >= 15 is 0 Å². The van der Waals surface area contributed by atoms with Gasteiger partial charge in [-0.25, -0.2) is 8.42 Å². The molecule has 1 aliphatic carbocycles. The molecule has 1 saturated carbocycles. The predicted octanol–water partition coefficient (Wildman–Crippen LogP) is 2.28. The van der Waals surface area contributed by atoms with Gasteiger partial charge in [-0.15, -0.1) is 0 Å². The van der Waals surface area contributed by atoms with E-state index in [-0.39, 0.29) is 4.90 Å². The summed E-state index contributed by atoms with van der Waals surface area (Å²) in [6, 6.07) is 8.32. The van der Waals surface area contributed by atoms with Crippen LogP contribution < -0.4 is 0 Å². The first-order valence-electron chi connectivity index (χ1n) is 5.78. The maximum atomic E-state index is 12.1. The molecule has 2 rings (SSSR count). The minimum atomic E-state index is -3.41. The Morgan fingerprint density at radius 2 is 1.88 bits per heavy atom. The fourth-order valence-corrected chi connectivity index (χ4v) is 3.38. The second-order valence-corrected chi connectivity index (χ2v) is 6.11. The molecule has 0 radical (unpaired) electrons. The van der Waals surface area contributed by atoms with Crippen LogP contribution in [0.5, 0.6) is 0 Å². The van der Waals surface area contributed by atoms with Crippen molar-refractivity contribution < 1.29 is 13.5 Å². The summed E-state index contributed by atoms with van der Waals surface area (Å²) in [7, 11) is -3.41. The summed E-state index contributed by atoms with van der Waals surface area (Å²) < 4.78 is 24.1. The van der Waals surface area contributed by atoms with E-state index in [1.807, 2.05) is 0 Å². The molecule has 0 bridgehead atoms. The number of hydrogen-bond acceptors (Lipinski definition) is 3.